The van der Waals surface area contributed by atoms with E-state index in [0.29, 0.717) is 0 Å². The molecule has 78 heavy (non-hydrogen) atoms. The lowest BCUT2D eigenvalue weighted by Crippen LogP contribution is -2.09. The molecule has 0 fully saturated rings. The van der Waals surface area contributed by atoms with Crippen LogP contribution in [0.5, 0.6) is 0 Å². The molecule has 12 aromatic carbocycles. The molecule has 2 nitrogen and oxygen atoms in total. The summed E-state index contributed by atoms with van der Waals surface area (Å²) in [5.74, 6) is 0. The molecule has 12 rings (SSSR count). The van der Waals surface area contributed by atoms with E-state index < -0.39 is 0 Å². The summed E-state index contributed by atoms with van der Waals surface area (Å²) < 4.78 is 0. The quantitative estimate of drug-likeness (QED) is 0.0813. The summed E-state index contributed by atoms with van der Waals surface area (Å²) in [5, 5.41) is 8.70. The maximum absolute atomic E-state index is 3.84. The fourth-order valence-corrected chi connectivity index (χ4v) is 10.6. The van der Waals surface area contributed by atoms with Crippen molar-refractivity contribution in [3.8, 4) is 22.3 Å². The molecule has 0 spiro atoms. The van der Waals surface area contributed by atoms with Crippen molar-refractivity contribution in [1.82, 2.24) is 0 Å². The third-order valence-electron chi connectivity index (χ3n) is 14.4. The fourth-order valence-electron chi connectivity index (χ4n) is 10.6. The Kier molecular flexibility index (Phi) is 14.4. The first kappa shape index (κ1) is 48.6. The summed E-state index contributed by atoms with van der Waals surface area (Å²) in [5.41, 5.74) is 19.3. The smallest absolute Gasteiger partial charge is 0.0464 e. The second-order valence-electron chi connectivity index (χ2n) is 19.3. The van der Waals surface area contributed by atoms with Crippen LogP contribution in [0, 0.1) is 0 Å². The standard InChI is InChI=1S/C76H56N2/c1-7-26-57(27-8-1)67(58-28-9-2-10-29-58)42-23-25-56-45-54-75(77-63-50-52-66(53-51-63)78(64-34-15-5-16-35-64)65-36-17-6-18-37-65)74(55-56)61-46-48-62(49-47-61)76-72-40-21-19-38-70(72)69(71-39-20-22-41-73(71)76)44-24-43-68(59-30-11-3-12-31-59)60-32-13-4-14-33-60/h1-55,77H. The van der Waals surface area contributed by atoms with E-state index >= 15 is 0 Å². The Bertz CT molecular complexity index is 3910. The van der Waals surface area contributed by atoms with Crippen LogP contribution >= 0.6 is 0 Å². The van der Waals surface area contributed by atoms with Crippen LogP contribution in [-0.2, 0) is 0 Å². The van der Waals surface area contributed by atoms with Gasteiger partial charge in [-0.05, 0) is 143 Å². The molecule has 0 bridgehead atoms. The molecule has 0 aliphatic carbocycles. The van der Waals surface area contributed by atoms with Gasteiger partial charge in [0.2, 0.25) is 0 Å². The van der Waals surface area contributed by atoms with Crippen LogP contribution in [0.1, 0.15) is 33.4 Å². The molecule has 1 N–H and O–H groups in total. The Hall–Kier alpha value is -10.3. The Morgan fingerprint density at radius 2 is 0.705 bits per heavy atom. The van der Waals surface area contributed by atoms with Gasteiger partial charge >= 0.3 is 0 Å². The first-order chi connectivity index (χ1) is 38.7. The molecule has 0 radical (unpaired) electrons. The molecular weight excluding hydrogens is 941 g/mol. The van der Waals surface area contributed by atoms with E-state index in [1.165, 1.54) is 71.6 Å². The molecule has 0 saturated carbocycles. The number of benzene rings is 12. The van der Waals surface area contributed by atoms with Gasteiger partial charge in [-0.1, -0.05) is 273 Å². The van der Waals surface area contributed by atoms with Crippen molar-refractivity contribution in [1.29, 1.82) is 0 Å². The fraction of sp³-hybridized carbons (Fsp3) is 0. The van der Waals surface area contributed by atoms with Gasteiger partial charge in [0, 0.05) is 34.0 Å². The van der Waals surface area contributed by atoms with Gasteiger partial charge in [-0.25, -0.2) is 0 Å². The van der Waals surface area contributed by atoms with E-state index in [2.05, 4.69) is 344 Å². The van der Waals surface area contributed by atoms with Gasteiger partial charge in [0.25, 0.3) is 0 Å². The van der Waals surface area contributed by atoms with Crippen LogP contribution in [0.4, 0.5) is 28.4 Å². The second-order valence-corrected chi connectivity index (χ2v) is 19.3. The monoisotopic (exact) mass is 996 g/mol. The third-order valence-corrected chi connectivity index (χ3v) is 14.4. The number of fused-ring (bicyclic) bond motifs is 2. The number of anilines is 5. The van der Waals surface area contributed by atoms with E-state index in [-0.39, 0.29) is 0 Å². The van der Waals surface area contributed by atoms with Gasteiger partial charge in [0.1, 0.15) is 0 Å². The minimum atomic E-state index is 0.998. The van der Waals surface area contributed by atoms with Gasteiger partial charge in [-0.3, -0.25) is 0 Å². The molecule has 0 atom stereocenters. The lowest BCUT2D eigenvalue weighted by Gasteiger charge is -2.25. The van der Waals surface area contributed by atoms with E-state index in [0.717, 1.165) is 45.1 Å². The molecule has 370 valence electrons. The summed E-state index contributed by atoms with van der Waals surface area (Å²) in [6, 6.07) is 106. The summed E-state index contributed by atoms with van der Waals surface area (Å²) in [7, 11) is 0. The minimum Gasteiger partial charge on any atom is -0.355 e. The van der Waals surface area contributed by atoms with Crippen LogP contribution < -0.4 is 10.2 Å². The van der Waals surface area contributed by atoms with Crippen molar-refractivity contribution in [3.05, 3.63) is 355 Å². The molecule has 0 heterocycles. The molecule has 2 heteroatoms. The Morgan fingerprint density at radius 1 is 0.321 bits per heavy atom. The molecule has 0 amide bonds. The van der Waals surface area contributed by atoms with Gasteiger partial charge in [-0.2, -0.15) is 0 Å². The number of nitrogens with one attached hydrogen (secondary N) is 1. The second kappa shape index (κ2) is 23.1. The minimum absolute atomic E-state index is 0.998. The summed E-state index contributed by atoms with van der Waals surface area (Å²) in [6.07, 6.45) is 13.4. The number of rotatable bonds is 15. The van der Waals surface area contributed by atoms with Crippen LogP contribution in [0.15, 0.2) is 322 Å². The summed E-state index contributed by atoms with van der Waals surface area (Å²) >= 11 is 0. The number of hydrogen-bond acceptors (Lipinski definition) is 2. The van der Waals surface area contributed by atoms with Gasteiger partial charge in [-0.15, -0.1) is 0 Å². The van der Waals surface area contributed by atoms with Gasteiger partial charge in [0.15, 0.2) is 0 Å². The Labute approximate surface area is 458 Å². The average Bonchev–Trinajstić information content (AvgIpc) is 3.55. The molecule has 0 saturated heterocycles. The van der Waals surface area contributed by atoms with Crippen molar-refractivity contribution in [2.24, 2.45) is 0 Å². The highest BCUT2D eigenvalue weighted by molar-refractivity contribution is 6.17. The van der Waals surface area contributed by atoms with Crippen LogP contribution in [0.3, 0.4) is 0 Å². The van der Waals surface area contributed by atoms with Crippen molar-refractivity contribution >= 4 is 73.3 Å². The number of hydrogen-bond donors (Lipinski definition) is 1. The maximum atomic E-state index is 3.84. The normalized spacial score (nSPS) is 11.2. The molecule has 0 aliphatic heterocycles. The highest BCUT2D eigenvalue weighted by atomic mass is 15.1. The Balaban J connectivity index is 0.920. The topological polar surface area (TPSA) is 15.3 Å². The van der Waals surface area contributed by atoms with Crippen molar-refractivity contribution in [3.63, 3.8) is 0 Å². The average molecular weight is 997 g/mol. The first-order valence-electron chi connectivity index (χ1n) is 26.7. The molecule has 12 aromatic rings. The zero-order valence-electron chi connectivity index (χ0n) is 43.2. The molecule has 0 unspecified atom stereocenters. The van der Waals surface area contributed by atoms with Crippen molar-refractivity contribution in [2.45, 2.75) is 0 Å². The van der Waals surface area contributed by atoms with Gasteiger partial charge < -0.3 is 10.2 Å². The van der Waals surface area contributed by atoms with Gasteiger partial charge in [0.05, 0.1) is 0 Å². The number of nitrogens with zero attached hydrogens (tertiary/aromatic N) is 1. The van der Waals surface area contributed by atoms with E-state index in [1.54, 1.807) is 0 Å². The first-order valence-corrected chi connectivity index (χ1v) is 26.7. The number of para-hydroxylation sites is 2. The third kappa shape index (κ3) is 10.7. The highest BCUT2D eigenvalue weighted by Gasteiger charge is 2.17. The van der Waals surface area contributed by atoms with E-state index in [4.69, 9.17) is 0 Å². The van der Waals surface area contributed by atoms with E-state index in [9.17, 15) is 0 Å². The number of allylic oxidation sites excluding steroid dienone is 4. The van der Waals surface area contributed by atoms with Crippen molar-refractivity contribution < 1.29 is 0 Å². The predicted octanol–water partition coefficient (Wildman–Crippen LogP) is 20.8. The largest absolute Gasteiger partial charge is 0.355 e. The molecule has 0 aromatic heterocycles. The van der Waals surface area contributed by atoms with Crippen molar-refractivity contribution in [2.75, 3.05) is 10.2 Å². The predicted molar refractivity (Wildman–Crippen MR) is 335 cm³/mol. The summed E-state index contributed by atoms with van der Waals surface area (Å²) in [6.45, 7) is 0. The maximum Gasteiger partial charge on any atom is 0.0464 e. The zero-order valence-corrected chi connectivity index (χ0v) is 43.2. The van der Waals surface area contributed by atoms with Crippen LogP contribution in [0.25, 0.3) is 67.1 Å². The SMILES string of the molecule is C(=Cc1ccc(Nc2ccc(N(c3ccccc3)c3ccccc3)cc2)c(-c2ccc(-c3c4ccccc4c(C=CC=C(c4ccccc4)c4ccccc4)c4ccccc34)cc2)c1)C=C(c1ccccc1)c1ccccc1. The highest BCUT2D eigenvalue weighted by Crippen LogP contribution is 2.42. The molecular formula is C76H56N2. The van der Waals surface area contributed by atoms with E-state index in [1.807, 2.05) is 0 Å². The lowest BCUT2D eigenvalue weighted by molar-refractivity contribution is 1.28. The zero-order chi connectivity index (χ0) is 52.3. The Morgan fingerprint density at radius 3 is 1.17 bits per heavy atom. The summed E-state index contributed by atoms with van der Waals surface area (Å²) in [4.78, 5) is 2.29. The van der Waals surface area contributed by atoms with Crippen LogP contribution in [-0.4, -0.2) is 0 Å². The van der Waals surface area contributed by atoms with Crippen LogP contribution in [0.2, 0.25) is 0 Å². The lowest BCUT2D eigenvalue weighted by atomic mass is 9.87. The molecule has 0 aliphatic rings.